The highest BCUT2D eigenvalue weighted by molar-refractivity contribution is 7.26. The van der Waals surface area contributed by atoms with E-state index in [1.54, 1.807) is 0 Å². The van der Waals surface area contributed by atoms with Crippen molar-refractivity contribution in [3.8, 4) is 67.5 Å². The lowest BCUT2D eigenvalue weighted by Crippen LogP contribution is -2.00. The van der Waals surface area contributed by atoms with Crippen LogP contribution in [0, 0.1) is 0 Å². The lowest BCUT2D eigenvalue weighted by atomic mass is 9.97. The van der Waals surface area contributed by atoms with Crippen molar-refractivity contribution in [2.45, 2.75) is 0 Å². The van der Waals surface area contributed by atoms with Crippen LogP contribution < -0.4 is 0 Å². The Hall–Kier alpha value is -6.49. The minimum atomic E-state index is 0.655. The number of thiophene rings is 1. The number of benzene rings is 8. The summed E-state index contributed by atoms with van der Waals surface area (Å²) in [4.78, 5) is 15.5. The van der Waals surface area contributed by atoms with Gasteiger partial charge in [0.1, 0.15) is 0 Å². The normalized spacial score (nSPS) is 11.9. The van der Waals surface area contributed by atoms with Crippen molar-refractivity contribution in [1.82, 2.24) is 15.0 Å². The summed E-state index contributed by atoms with van der Waals surface area (Å²) in [6, 6.07) is 58.3. The summed E-state index contributed by atoms with van der Waals surface area (Å²) in [5.41, 5.74) is 10.5. The highest BCUT2D eigenvalue weighted by Crippen LogP contribution is 2.52. The Morgan fingerprint density at radius 2 is 0.902 bits per heavy atom. The monoisotopic (exact) mass is 665 g/mol. The Morgan fingerprint density at radius 3 is 1.75 bits per heavy atom. The van der Waals surface area contributed by atoms with Crippen molar-refractivity contribution in [2.24, 2.45) is 0 Å². The van der Waals surface area contributed by atoms with Gasteiger partial charge in [-0.15, -0.1) is 11.3 Å². The number of hydrogen-bond donors (Lipinski definition) is 0. The zero-order valence-corrected chi connectivity index (χ0v) is 28.2. The number of rotatable bonds is 4. The lowest BCUT2D eigenvalue weighted by Gasteiger charge is -2.11. The second-order valence-electron chi connectivity index (χ2n) is 13.1. The van der Waals surface area contributed by atoms with E-state index in [9.17, 15) is 0 Å². The number of aromatic nitrogens is 3. The summed E-state index contributed by atoms with van der Waals surface area (Å²) in [7, 11) is 0. The average Bonchev–Trinajstić information content (AvgIpc) is 3.75. The molecule has 0 N–H and O–H groups in total. The van der Waals surface area contributed by atoms with Gasteiger partial charge in [0.25, 0.3) is 0 Å². The predicted molar refractivity (Wildman–Crippen MR) is 214 cm³/mol. The highest BCUT2D eigenvalue weighted by Gasteiger charge is 2.25. The fraction of sp³-hybridized carbons (Fsp3) is 0. The van der Waals surface area contributed by atoms with Gasteiger partial charge in [-0.05, 0) is 61.7 Å². The fourth-order valence-corrected chi connectivity index (χ4v) is 9.19. The molecule has 1 aliphatic rings. The third-order valence-corrected chi connectivity index (χ3v) is 11.5. The number of nitrogens with zero attached hydrogens (tertiary/aromatic N) is 3. The molecule has 0 aliphatic heterocycles. The van der Waals surface area contributed by atoms with Gasteiger partial charge in [-0.1, -0.05) is 152 Å². The van der Waals surface area contributed by atoms with Crippen LogP contribution in [0.15, 0.2) is 164 Å². The van der Waals surface area contributed by atoms with Crippen molar-refractivity contribution in [3.05, 3.63) is 164 Å². The zero-order chi connectivity index (χ0) is 33.5. The quantitative estimate of drug-likeness (QED) is 0.188. The molecule has 2 aromatic heterocycles. The van der Waals surface area contributed by atoms with E-state index in [2.05, 4.69) is 146 Å². The van der Waals surface area contributed by atoms with E-state index >= 15 is 0 Å². The molecule has 10 aromatic rings. The molecule has 0 saturated heterocycles. The van der Waals surface area contributed by atoms with Gasteiger partial charge in [-0.25, -0.2) is 15.0 Å². The Kier molecular flexibility index (Phi) is 6.12. The van der Waals surface area contributed by atoms with Gasteiger partial charge in [-0.3, -0.25) is 0 Å². The van der Waals surface area contributed by atoms with E-state index < -0.39 is 0 Å². The van der Waals surface area contributed by atoms with Gasteiger partial charge in [0.05, 0.1) is 0 Å². The summed E-state index contributed by atoms with van der Waals surface area (Å²) >= 11 is 1.85. The van der Waals surface area contributed by atoms with E-state index in [1.807, 2.05) is 29.5 Å². The third kappa shape index (κ3) is 4.33. The maximum atomic E-state index is 5.22. The van der Waals surface area contributed by atoms with Crippen LogP contribution in [0.5, 0.6) is 0 Å². The molecule has 0 spiro atoms. The zero-order valence-electron chi connectivity index (χ0n) is 27.3. The summed E-state index contributed by atoms with van der Waals surface area (Å²) in [6.45, 7) is 0. The van der Waals surface area contributed by atoms with E-state index in [0.717, 1.165) is 22.3 Å². The first-order valence-corrected chi connectivity index (χ1v) is 18.0. The average molecular weight is 666 g/mol. The molecule has 0 unspecified atom stereocenters. The van der Waals surface area contributed by atoms with Gasteiger partial charge in [0.15, 0.2) is 17.5 Å². The topological polar surface area (TPSA) is 38.7 Å². The van der Waals surface area contributed by atoms with Crippen LogP contribution >= 0.6 is 11.3 Å². The molecule has 236 valence electrons. The van der Waals surface area contributed by atoms with Gasteiger partial charge < -0.3 is 0 Å². The van der Waals surface area contributed by atoms with Crippen molar-refractivity contribution >= 4 is 53.1 Å². The van der Waals surface area contributed by atoms with Crippen LogP contribution in [0.1, 0.15) is 0 Å². The smallest absolute Gasteiger partial charge is 0.164 e. The van der Waals surface area contributed by atoms with Gasteiger partial charge in [-0.2, -0.15) is 0 Å². The maximum absolute atomic E-state index is 5.22. The van der Waals surface area contributed by atoms with Crippen LogP contribution in [0.4, 0.5) is 0 Å². The predicted octanol–water partition coefficient (Wildman–Crippen LogP) is 12.9. The van der Waals surface area contributed by atoms with Crippen molar-refractivity contribution in [3.63, 3.8) is 0 Å². The van der Waals surface area contributed by atoms with Crippen LogP contribution in [0.2, 0.25) is 0 Å². The Labute approximate surface area is 298 Å². The second kappa shape index (κ2) is 11.0. The van der Waals surface area contributed by atoms with Gasteiger partial charge in [0, 0.05) is 42.2 Å². The first-order chi connectivity index (χ1) is 25.3. The van der Waals surface area contributed by atoms with Crippen molar-refractivity contribution in [1.29, 1.82) is 0 Å². The van der Waals surface area contributed by atoms with Gasteiger partial charge in [0.2, 0.25) is 0 Å². The highest BCUT2D eigenvalue weighted by atomic mass is 32.1. The molecule has 0 saturated carbocycles. The molecule has 0 amide bonds. The van der Waals surface area contributed by atoms with Gasteiger partial charge >= 0.3 is 0 Å². The van der Waals surface area contributed by atoms with E-state index in [4.69, 9.17) is 15.0 Å². The molecular weight excluding hydrogens is 639 g/mol. The first kappa shape index (κ1) is 28.4. The molecule has 4 heteroatoms. The number of hydrogen-bond acceptors (Lipinski definition) is 4. The summed E-state index contributed by atoms with van der Waals surface area (Å²) in [5.74, 6) is 1.99. The first-order valence-electron chi connectivity index (χ1n) is 17.2. The van der Waals surface area contributed by atoms with E-state index in [1.165, 1.54) is 69.5 Å². The molecule has 2 heterocycles. The molecule has 0 atom stereocenters. The van der Waals surface area contributed by atoms with Crippen LogP contribution in [-0.2, 0) is 0 Å². The standard InChI is InChI=1S/C47H27N3S/c1-2-12-30(13-3-1)45-48-46(31-25-23-29(24-26-31)33-18-8-14-28-11-4-5-15-32(28)33)50-47(49-45)38-21-10-22-41-43(38)40-27-39-35-17-7-6-16-34(35)36-19-9-20-37(42(36)39)44(40)51-41/h1-27H. The minimum absolute atomic E-state index is 0.655. The largest absolute Gasteiger partial charge is 0.208 e. The second-order valence-corrected chi connectivity index (χ2v) is 14.2. The molecule has 0 radical (unpaired) electrons. The van der Waals surface area contributed by atoms with E-state index in [-0.39, 0.29) is 0 Å². The third-order valence-electron chi connectivity index (χ3n) is 10.3. The minimum Gasteiger partial charge on any atom is -0.208 e. The Balaban J connectivity index is 1.12. The molecule has 1 aliphatic carbocycles. The summed E-state index contributed by atoms with van der Waals surface area (Å²) in [6.07, 6.45) is 0. The summed E-state index contributed by atoms with van der Waals surface area (Å²) < 4.78 is 2.52. The molecule has 51 heavy (non-hydrogen) atoms. The van der Waals surface area contributed by atoms with Crippen LogP contribution in [0.3, 0.4) is 0 Å². The molecule has 11 rings (SSSR count). The fourth-order valence-electron chi connectivity index (χ4n) is 7.95. The lowest BCUT2D eigenvalue weighted by molar-refractivity contribution is 1.08. The SMILES string of the molecule is c1ccc(-c2nc(-c3ccc(-c4cccc5ccccc45)cc3)nc(-c3cccc4sc5c6cccc7c6c(cc5c34)-c3ccccc3-7)n2)cc1. The van der Waals surface area contributed by atoms with E-state index in [0.29, 0.717) is 17.5 Å². The van der Waals surface area contributed by atoms with Crippen molar-refractivity contribution in [2.75, 3.05) is 0 Å². The Bertz CT molecular complexity index is 3010. The maximum Gasteiger partial charge on any atom is 0.164 e. The number of fused-ring (bicyclic) bond motifs is 8. The molecular formula is C47H27N3S. The van der Waals surface area contributed by atoms with Crippen molar-refractivity contribution < 1.29 is 0 Å². The molecule has 0 bridgehead atoms. The Morgan fingerprint density at radius 1 is 0.333 bits per heavy atom. The molecule has 3 nitrogen and oxygen atoms in total. The van der Waals surface area contributed by atoms with Crippen LogP contribution in [-0.4, -0.2) is 15.0 Å². The molecule has 0 fully saturated rings. The van der Waals surface area contributed by atoms with Crippen LogP contribution in [0.25, 0.3) is 109 Å². The molecule has 8 aromatic carbocycles. The summed E-state index contributed by atoms with van der Waals surface area (Å²) in [5, 5.41) is 7.55.